The van der Waals surface area contributed by atoms with Crippen molar-refractivity contribution in [2.75, 3.05) is 62.8 Å². The number of hydrogen-bond donors (Lipinski definition) is 15. The summed E-state index contributed by atoms with van der Waals surface area (Å²) < 4.78 is 29.6. The number of para-hydroxylation sites is 1. The van der Waals surface area contributed by atoms with E-state index in [4.69, 9.17) is 46.8 Å². The maximum atomic E-state index is 15.0. The number of aliphatic hydroxyl groups is 2. The molecule has 4 bridgehead atoms. The van der Waals surface area contributed by atoms with Crippen LogP contribution < -0.4 is 63.6 Å². The van der Waals surface area contributed by atoms with Crippen molar-refractivity contribution in [1.82, 2.24) is 52.4 Å². The summed E-state index contributed by atoms with van der Waals surface area (Å²) in [5.41, 5.74) is 13.2. The van der Waals surface area contributed by atoms with E-state index in [9.17, 15) is 73.2 Å². The number of likely N-dealkylation sites (N-methyl/N-ethyl adjacent to an activating group) is 1. The predicted octanol–water partition coefficient (Wildman–Crippen LogP) is 3.91. The fraction of sp³-hybridized carbons (Fsp3) is 0.494. The van der Waals surface area contributed by atoms with Gasteiger partial charge in [-0.2, -0.15) is 0 Å². The smallest absolute Gasteiger partial charge is 0.409 e. The van der Waals surface area contributed by atoms with Crippen LogP contribution >= 0.6 is 54.8 Å². The number of hydrogen-bond acceptors (Lipinski definition) is 26. The lowest BCUT2D eigenvalue weighted by atomic mass is 9.83. The van der Waals surface area contributed by atoms with Crippen LogP contribution in [0.2, 0.25) is 5.02 Å². The quantitative estimate of drug-likeness (QED) is 0.0153. The largest absolute Gasteiger partial charge is 0.508 e. The molecule has 39 heteroatoms. The minimum atomic E-state index is -1.96. The van der Waals surface area contributed by atoms with Gasteiger partial charge in [0.1, 0.15) is 88.8 Å². The highest BCUT2D eigenvalue weighted by Crippen LogP contribution is 2.49. The van der Waals surface area contributed by atoms with Gasteiger partial charge in [0.25, 0.3) is 0 Å². The number of carbonyl (C=O) groups is 12. The van der Waals surface area contributed by atoms with Gasteiger partial charge in [0.05, 0.1) is 37.5 Å². The number of esters is 1. The Morgan fingerprint density at radius 1 is 0.844 bits per heavy atom. The molecule has 9 rings (SSSR count). The number of halogens is 1. The molecule has 17 atom stereocenters. The zero-order chi connectivity index (χ0) is 88.9. The van der Waals surface area contributed by atoms with Crippen LogP contribution in [0.15, 0.2) is 121 Å². The van der Waals surface area contributed by atoms with Gasteiger partial charge in [0, 0.05) is 92.9 Å². The van der Waals surface area contributed by atoms with Crippen molar-refractivity contribution in [2.45, 2.75) is 195 Å². The van der Waals surface area contributed by atoms with E-state index in [1.54, 1.807) is 105 Å². The van der Waals surface area contributed by atoms with E-state index in [1.807, 2.05) is 6.92 Å². The number of aromatic hydroxyl groups is 1. The van der Waals surface area contributed by atoms with Crippen LogP contribution in [0.5, 0.6) is 11.5 Å². The third-order valence-electron chi connectivity index (χ3n) is 21.7. The molecule has 0 spiro atoms. The molecule has 0 radical (unpaired) electrons. The number of phenols is 1. The number of phenolic OH excluding ortho intramolecular Hbond substituents is 1. The van der Waals surface area contributed by atoms with Crippen LogP contribution in [0, 0.1) is 5.92 Å². The summed E-state index contributed by atoms with van der Waals surface area (Å²) in [5, 5.41) is 66.0. The van der Waals surface area contributed by atoms with Crippen molar-refractivity contribution in [3.8, 4) is 11.5 Å². The number of anilines is 1. The molecule has 5 aromatic rings. The summed E-state index contributed by atoms with van der Waals surface area (Å²) >= 11 is 6.89. The number of rotatable bonds is 27. The van der Waals surface area contributed by atoms with Gasteiger partial charge in [-0.15, -0.1) is 0 Å². The van der Waals surface area contributed by atoms with E-state index in [1.165, 1.54) is 71.3 Å². The van der Waals surface area contributed by atoms with Gasteiger partial charge in [-0.25, -0.2) is 14.4 Å². The molecule has 0 unspecified atom stereocenters. The van der Waals surface area contributed by atoms with E-state index >= 15 is 4.79 Å². The fourth-order valence-corrected chi connectivity index (χ4v) is 19.1. The minimum absolute atomic E-state index is 0.0277. The normalized spacial score (nSPS) is 26.5. The van der Waals surface area contributed by atoms with Crippen molar-refractivity contribution < 1.29 is 102 Å². The number of epoxide rings is 1. The van der Waals surface area contributed by atoms with Crippen LogP contribution in [0.1, 0.15) is 95.4 Å². The van der Waals surface area contributed by atoms with Crippen LogP contribution in [-0.2, 0) is 97.4 Å². The SMILES string of the molecule is COc1cc2cc(c1Cl)N(C)C(=O)C[C@H](OC(=O)[C@H](C)N(C)C(=O)CCSSC[C@H](NC(=O)[C@@H]1CSSC[C@H](NC(=O)[C@H](N)Cc3ccccc3)C(=O)N[C@@H](Cc3ccc(O)cc3)C(=O)N[C@H](Cc3c[nH]c4ccccc34)C(=O)N[C@@H](CCCCN)C(=O)N[C@@H]([C@@H](C)O)C(=O)N1)C(=O)O)[C@]1(C)O[C@H]1[C@H](C)[C@@H]1C[C@@](O)(NC(=O)O1)[C@H](OC)/C=C/C=C(\C)C2. The number of unbranched alkanes of at least 4 members (excludes halogenated alkanes) is 1. The third kappa shape index (κ3) is 26.0. The zero-order valence-corrected chi connectivity index (χ0v) is 73.0. The highest BCUT2D eigenvalue weighted by molar-refractivity contribution is 8.77. The first-order valence-corrected chi connectivity index (χ1v) is 45.1. The first-order valence-electron chi connectivity index (χ1n) is 39.7. The number of nitrogens with one attached hydrogen (secondary N) is 9. The Morgan fingerprint density at radius 2 is 1.52 bits per heavy atom. The maximum absolute atomic E-state index is 15.0. The summed E-state index contributed by atoms with van der Waals surface area (Å²) in [4.78, 5) is 178. The lowest BCUT2D eigenvalue weighted by molar-refractivity contribution is -0.162. The number of carboxylic acid groups (broad SMARTS) is 1. The molecule has 3 saturated heterocycles. The monoisotopic (exact) mass is 1790 g/mol. The van der Waals surface area contributed by atoms with Gasteiger partial charge in [-0.05, 0) is 119 Å². The number of aromatic nitrogens is 1. The molecule has 662 valence electrons. The van der Waals surface area contributed by atoms with E-state index in [-0.39, 0.29) is 91.0 Å². The highest BCUT2D eigenvalue weighted by Gasteiger charge is 2.65. The molecular weight excluding hydrogens is 1680 g/mol. The maximum Gasteiger partial charge on any atom is 0.409 e. The summed E-state index contributed by atoms with van der Waals surface area (Å²) in [5.74, 6) is -11.7. The minimum Gasteiger partial charge on any atom is -0.508 e. The Labute approximate surface area is 727 Å². The van der Waals surface area contributed by atoms with Gasteiger partial charge in [0.15, 0.2) is 5.72 Å². The molecule has 4 aliphatic heterocycles. The number of methoxy groups -OCH3 is 2. The van der Waals surface area contributed by atoms with Crippen LogP contribution in [0.4, 0.5) is 10.5 Å². The fourth-order valence-electron chi connectivity index (χ4n) is 14.3. The number of nitrogens with two attached hydrogens (primary N) is 2. The molecule has 0 saturated carbocycles. The van der Waals surface area contributed by atoms with Crippen molar-refractivity contribution in [2.24, 2.45) is 17.4 Å². The molecule has 122 heavy (non-hydrogen) atoms. The number of amides is 10. The summed E-state index contributed by atoms with van der Waals surface area (Å²) in [6, 6.07) is 11.6. The number of aromatic amines is 1. The first kappa shape index (κ1) is 96.2. The molecule has 10 amide bonds. The van der Waals surface area contributed by atoms with Gasteiger partial charge in [0.2, 0.25) is 53.2 Å². The number of fused-ring (bicyclic) bond motifs is 6. The molecule has 4 aliphatic rings. The van der Waals surface area contributed by atoms with E-state index in [2.05, 4.69) is 47.5 Å². The second kappa shape index (κ2) is 44.6. The van der Waals surface area contributed by atoms with Crippen molar-refractivity contribution in [3.63, 3.8) is 0 Å². The number of benzene rings is 4. The second-order valence-electron chi connectivity index (χ2n) is 30.8. The molecule has 1 aromatic heterocycles. The number of aliphatic carboxylic acids is 1. The number of allylic oxidation sites excluding steroid dienone is 3. The van der Waals surface area contributed by atoms with Gasteiger partial charge >= 0.3 is 18.0 Å². The van der Waals surface area contributed by atoms with E-state index in [0.29, 0.717) is 46.0 Å². The number of carboxylic acids is 1. The summed E-state index contributed by atoms with van der Waals surface area (Å²) in [7, 11) is 9.50. The second-order valence-corrected chi connectivity index (χ2v) is 36.3. The Hall–Kier alpha value is -9.61. The molecule has 3 fully saturated rings. The van der Waals surface area contributed by atoms with Crippen LogP contribution in [-0.4, -0.2) is 256 Å². The lowest BCUT2D eigenvalue weighted by Gasteiger charge is -2.42. The Bertz CT molecular complexity index is 4630. The van der Waals surface area contributed by atoms with Crippen LogP contribution in [0.25, 0.3) is 10.9 Å². The molecule has 5 heterocycles. The number of aliphatic hydroxyl groups excluding tert-OH is 1. The molecule has 17 N–H and O–H groups in total. The number of ether oxygens (including phenoxy) is 5. The van der Waals surface area contributed by atoms with Gasteiger partial charge in [-0.1, -0.05) is 146 Å². The summed E-state index contributed by atoms with van der Waals surface area (Å²) in [6.45, 7) is 8.01. The highest BCUT2D eigenvalue weighted by atomic mass is 35.5. The average Bonchev–Trinajstić information content (AvgIpc) is 1.57. The topological polar surface area (TPSA) is 506 Å². The zero-order valence-electron chi connectivity index (χ0n) is 69.0. The van der Waals surface area contributed by atoms with Crippen molar-refractivity contribution >= 4 is 143 Å². The molecular formula is C83H108ClN13O21S4. The van der Waals surface area contributed by atoms with Crippen LogP contribution in [0.3, 0.4) is 0 Å². The Kier molecular flexibility index (Phi) is 35.2. The van der Waals surface area contributed by atoms with Crippen molar-refractivity contribution in [1.29, 1.82) is 0 Å². The van der Waals surface area contributed by atoms with Gasteiger partial charge in [-0.3, -0.25) is 48.5 Å². The molecule has 4 aromatic carbocycles. The number of carbonyl (C=O) groups excluding carboxylic acids is 11. The van der Waals surface area contributed by atoms with E-state index < -0.39 is 186 Å². The van der Waals surface area contributed by atoms with Gasteiger partial charge < -0.3 is 108 Å². The molecule has 0 aliphatic carbocycles. The standard InChI is InChI=1S/C83H108ClN13O21S4/c1-44-18-17-24-65(115-9)83(113)39-64(116-81(112)95-83)45(2)71-82(5,118-71)66(38-68(101)97(7)62-35-50(32-44)36-63(114-8)69(62)84)117-80(111)46(3)96(6)67(100)29-31-119-120-43-61(79(109)110)93-77(107)60-42-122-121-41-59(91-72(102)54(86)33-48-19-11-10-12-20-48)76(106)89-57(34-49-25-27-52(99)28-26-49)74(104)90-58(37-51-40-87-55-22-14-13-21-53(51)55)75(105)88-56(23-15-16-30-85)73(103)94-70(47(4)98)78(108)92-60/h10-14,17-22,24-28,35-36,40,45-47,54,56-61,64-66,70-71,87,98-99,113H,15-16,23,29-34,37-39,41-43,85-86H2,1-9H3,(H,88,105)(H,89,106)(H,90,104)(H,91,102)(H,92,108)(H,93,107)(H,94,103)(H,95,112)(H,109,110)/b24-17+,44-18+/t45-,46+,47-,54-,56+,57+,58-,59+,60+,61+,64+,65-,66+,70+,71+,82+,83+/m1/s1. The number of H-pyrrole nitrogens is 1. The number of alkyl carbamates (subject to hydrolysis) is 1. The Balaban J connectivity index is 0.910. The first-order chi connectivity index (χ1) is 58.0. The third-order valence-corrected chi connectivity index (χ3v) is 26.9. The predicted molar refractivity (Wildman–Crippen MR) is 463 cm³/mol. The van der Waals surface area contributed by atoms with Crippen molar-refractivity contribution in [3.05, 3.63) is 148 Å². The Morgan fingerprint density at radius 3 is 2.20 bits per heavy atom. The number of nitrogens with zero attached hydrogens (tertiary/aromatic N) is 2. The molecule has 34 nitrogen and oxygen atoms in total. The average molecular weight is 1790 g/mol. The lowest BCUT2D eigenvalue weighted by Crippen LogP contribution is -2.63. The summed E-state index contributed by atoms with van der Waals surface area (Å²) in [6.07, 6.45) is -0.445. The van der Waals surface area contributed by atoms with E-state index in [0.717, 1.165) is 53.6 Å².